The van der Waals surface area contributed by atoms with Gasteiger partial charge >= 0.3 is 19.8 Å². The largest absolute Gasteiger partial charge is 0.472 e. The summed E-state index contributed by atoms with van der Waals surface area (Å²) in [6.45, 7) is 4.43. The third-order valence-electron chi connectivity index (χ3n) is 13.3. The smallest absolute Gasteiger partial charge is 0.462 e. The number of carbonyl (C=O) groups excluding carboxylic acids is 2. The number of unbranched alkanes of at least 4 members (excludes halogenated alkanes) is 34. The first-order chi connectivity index (χ1) is 35.0. The van der Waals surface area contributed by atoms with Crippen molar-refractivity contribution in [3.05, 3.63) is 48.6 Å². The van der Waals surface area contributed by atoms with Gasteiger partial charge in [0.25, 0.3) is 0 Å². The van der Waals surface area contributed by atoms with Gasteiger partial charge in [-0.25, -0.2) is 4.57 Å². The van der Waals surface area contributed by atoms with Gasteiger partial charge < -0.3 is 18.9 Å². The molecule has 422 valence electrons. The fraction of sp³-hybridized carbons (Fsp3) is 0.839. The maximum Gasteiger partial charge on any atom is 0.472 e. The third-order valence-corrected chi connectivity index (χ3v) is 14.3. The van der Waals surface area contributed by atoms with Crippen molar-refractivity contribution in [1.29, 1.82) is 0 Å². The van der Waals surface area contributed by atoms with Crippen LogP contribution in [-0.4, -0.2) is 74.9 Å². The van der Waals surface area contributed by atoms with Crippen molar-refractivity contribution in [3.63, 3.8) is 0 Å². The summed E-state index contributed by atoms with van der Waals surface area (Å²) in [4.78, 5) is 35.7. The highest BCUT2D eigenvalue weighted by molar-refractivity contribution is 7.47. The lowest BCUT2D eigenvalue weighted by atomic mass is 10.0. The van der Waals surface area contributed by atoms with Crippen molar-refractivity contribution < 1.29 is 42.1 Å². The molecule has 2 unspecified atom stereocenters. The second-order valence-corrected chi connectivity index (χ2v) is 23.2. The first kappa shape index (κ1) is 70.0. The molecule has 0 saturated carbocycles. The number of likely N-dealkylation sites (N-methyl/N-ethyl adjacent to an activating group) is 1. The molecule has 72 heavy (non-hydrogen) atoms. The molecule has 10 heteroatoms. The average Bonchev–Trinajstić information content (AvgIpc) is 3.34. The SMILES string of the molecule is CCCCC/C=C\C/C=C\CCCCCCCCCCCC(=O)OCC(COP(=O)(O)OCC[N+](C)(C)C)OC(=O)CCCCCCCCCCCCCCCCCCC/C=C\C/C=C\CCCCCCC. The second-order valence-electron chi connectivity index (χ2n) is 21.7. The number of ether oxygens (including phenoxy) is 2. The molecule has 0 spiro atoms. The van der Waals surface area contributed by atoms with Crippen molar-refractivity contribution in [2.24, 2.45) is 0 Å². The molecule has 0 aliphatic heterocycles. The van der Waals surface area contributed by atoms with Gasteiger partial charge in [-0.05, 0) is 77.0 Å². The molecule has 0 heterocycles. The van der Waals surface area contributed by atoms with Crippen LogP contribution in [0.25, 0.3) is 0 Å². The number of phosphoric acid groups is 1. The number of rotatable bonds is 56. The average molecular weight is 1040 g/mol. The standard InChI is InChI=1S/C62H116NO8P/c1-6-8-10-12-14-16-18-20-22-24-26-27-28-29-30-31-32-33-34-35-37-39-41-43-45-47-49-51-53-55-62(65)71-60(59-70-72(66,67)69-57-56-63(3,4)5)58-68-61(64)54-52-50-48-46-44-42-40-38-36-25-23-21-19-17-15-13-11-9-7-2/h15,17-18,20-21,23-24,26,60H,6-14,16,19,22,25,27-59H2,1-5H3/p+1/b17-15-,20-18-,23-21-,26-24-. The van der Waals surface area contributed by atoms with Crippen LogP contribution in [0.1, 0.15) is 284 Å². The summed E-state index contributed by atoms with van der Waals surface area (Å²) < 4.78 is 34.6. The van der Waals surface area contributed by atoms with E-state index in [0.29, 0.717) is 17.4 Å². The number of allylic oxidation sites excluding steroid dienone is 8. The molecule has 9 nitrogen and oxygen atoms in total. The third kappa shape index (κ3) is 57.3. The van der Waals surface area contributed by atoms with Crippen LogP contribution >= 0.6 is 7.82 Å². The second kappa shape index (κ2) is 53.8. The zero-order valence-electron chi connectivity index (χ0n) is 47.9. The Labute approximate surface area is 445 Å². The van der Waals surface area contributed by atoms with Crippen LogP contribution < -0.4 is 0 Å². The molecular formula is C62H117NO8P+. The number of quaternary nitrogens is 1. The Kier molecular flexibility index (Phi) is 52.3. The number of nitrogens with zero attached hydrogens (tertiary/aromatic N) is 1. The molecule has 0 aromatic rings. The minimum Gasteiger partial charge on any atom is -0.462 e. The molecule has 0 fully saturated rings. The summed E-state index contributed by atoms with van der Waals surface area (Å²) in [6, 6.07) is 0. The molecule has 0 aromatic carbocycles. The maximum atomic E-state index is 12.8. The Morgan fingerprint density at radius 3 is 1.12 bits per heavy atom. The van der Waals surface area contributed by atoms with Gasteiger partial charge in [0, 0.05) is 12.8 Å². The number of esters is 2. The molecule has 0 amide bonds. The normalized spacial score (nSPS) is 13.6. The van der Waals surface area contributed by atoms with Crippen LogP contribution in [0.4, 0.5) is 0 Å². The highest BCUT2D eigenvalue weighted by Gasteiger charge is 2.27. The van der Waals surface area contributed by atoms with Crippen molar-refractivity contribution >= 4 is 19.8 Å². The summed E-state index contributed by atoms with van der Waals surface area (Å²) in [6.07, 6.45) is 67.5. The summed E-state index contributed by atoms with van der Waals surface area (Å²) in [7, 11) is 1.48. The predicted octanol–water partition coefficient (Wildman–Crippen LogP) is 18.9. The molecular weight excluding hydrogens is 918 g/mol. The van der Waals surface area contributed by atoms with Gasteiger partial charge in [-0.15, -0.1) is 0 Å². The lowest BCUT2D eigenvalue weighted by Gasteiger charge is -2.24. The quantitative estimate of drug-likeness (QED) is 0.0211. The van der Waals surface area contributed by atoms with Gasteiger partial charge in [-0.1, -0.05) is 242 Å². The summed E-state index contributed by atoms with van der Waals surface area (Å²) in [5, 5.41) is 0. The van der Waals surface area contributed by atoms with Crippen LogP contribution in [-0.2, 0) is 32.7 Å². The van der Waals surface area contributed by atoms with Gasteiger partial charge in [0.2, 0.25) is 0 Å². The van der Waals surface area contributed by atoms with Crippen molar-refractivity contribution in [1.82, 2.24) is 0 Å². The molecule has 0 aliphatic rings. The highest BCUT2D eigenvalue weighted by atomic mass is 31.2. The van der Waals surface area contributed by atoms with Gasteiger partial charge in [-0.2, -0.15) is 0 Å². The number of phosphoric ester groups is 1. The molecule has 0 aromatic heterocycles. The fourth-order valence-electron chi connectivity index (χ4n) is 8.61. The lowest BCUT2D eigenvalue weighted by Crippen LogP contribution is -2.37. The Morgan fingerprint density at radius 1 is 0.431 bits per heavy atom. The van der Waals surface area contributed by atoms with Crippen LogP contribution in [0.5, 0.6) is 0 Å². The van der Waals surface area contributed by atoms with Crippen LogP contribution in [0.15, 0.2) is 48.6 Å². The lowest BCUT2D eigenvalue weighted by molar-refractivity contribution is -0.870. The maximum absolute atomic E-state index is 12.8. The van der Waals surface area contributed by atoms with Crippen LogP contribution in [0.2, 0.25) is 0 Å². The van der Waals surface area contributed by atoms with E-state index < -0.39 is 26.5 Å². The monoisotopic (exact) mass is 1030 g/mol. The first-order valence-corrected chi connectivity index (χ1v) is 31.9. The van der Waals surface area contributed by atoms with Gasteiger partial charge in [0.05, 0.1) is 27.7 Å². The topological polar surface area (TPSA) is 108 Å². The predicted molar refractivity (Wildman–Crippen MR) is 307 cm³/mol. The number of hydrogen-bond donors (Lipinski definition) is 1. The Hall–Kier alpha value is -2.03. The van der Waals surface area contributed by atoms with Crippen molar-refractivity contribution in [2.45, 2.75) is 290 Å². The van der Waals surface area contributed by atoms with E-state index in [-0.39, 0.29) is 32.0 Å². The zero-order valence-corrected chi connectivity index (χ0v) is 48.8. The zero-order chi connectivity index (χ0) is 52.7. The molecule has 0 aliphatic carbocycles. The van der Waals surface area contributed by atoms with E-state index in [9.17, 15) is 19.0 Å². The highest BCUT2D eigenvalue weighted by Crippen LogP contribution is 2.43. The molecule has 0 saturated heterocycles. The van der Waals surface area contributed by atoms with Crippen LogP contribution in [0, 0.1) is 0 Å². The van der Waals surface area contributed by atoms with Crippen LogP contribution in [0.3, 0.4) is 0 Å². The van der Waals surface area contributed by atoms with Gasteiger partial charge in [-0.3, -0.25) is 18.6 Å². The molecule has 0 radical (unpaired) electrons. The molecule has 2 atom stereocenters. The fourth-order valence-corrected chi connectivity index (χ4v) is 9.35. The summed E-state index contributed by atoms with van der Waals surface area (Å²) in [5.41, 5.74) is 0. The van der Waals surface area contributed by atoms with Gasteiger partial charge in [0.1, 0.15) is 19.8 Å². The summed E-state index contributed by atoms with van der Waals surface area (Å²) >= 11 is 0. The molecule has 0 bridgehead atoms. The van der Waals surface area contributed by atoms with E-state index in [2.05, 4.69) is 62.5 Å². The summed E-state index contributed by atoms with van der Waals surface area (Å²) in [5.74, 6) is -0.792. The van der Waals surface area contributed by atoms with E-state index >= 15 is 0 Å². The van der Waals surface area contributed by atoms with Crippen molar-refractivity contribution in [2.75, 3.05) is 47.5 Å². The first-order valence-electron chi connectivity index (χ1n) is 30.4. The minimum atomic E-state index is -4.39. The van der Waals surface area contributed by atoms with Crippen molar-refractivity contribution in [3.8, 4) is 0 Å². The van der Waals surface area contributed by atoms with E-state index in [4.69, 9.17) is 18.5 Å². The Balaban J connectivity index is 4.09. The number of hydrogen-bond acceptors (Lipinski definition) is 7. The van der Waals surface area contributed by atoms with E-state index in [1.807, 2.05) is 21.1 Å². The molecule has 0 rings (SSSR count). The Morgan fingerprint density at radius 2 is 0.750 bits per heavy atom. The van der Waals surface area contributed by atoms with E-state index in [0.717, 1.165) is 44.9 Å². The Bertz CT molecular complexity index is 1360. The van der Waals surface area contributed by atoms with E-state index in [1.54, 1.807) is 0 Å². The molecule has 1 N–H and O–H groups in total. The number of carbonyl (C=O) groups is 2. The van der Waals surface area contributed by atoms with E-state index in [1.165, 1.54) is 205 Å². The minimum absolute atomic E-state index is 0.0315. The van der Waals surface area contributed by atoms with Gasteiger partial charge in [0.15, 0.2) is 6.10 Å².